The monoisotopic (exact) mass is 359 g/mol. The van der Waals surface area contributed by atoms with Gasteiger partial charge in [-0.05, 0) is 19.1 Å². The molecule has 0 amide bonds. The minimum atomic E-state index is -1.11. The fourth-order valence-electron chi connectivity index (χ4n) is 1.52. The third-order valence-corrected chi connectivity index (χ3v) is 2.84. The lowest BCUT2D eigenvalue weighted by atomic mass is 10.3. The molecule has 5 nitrogen and oxygen atoms in total. The highest BCUT2D eigenvalue weighted by atomic mass is 79.9. The zero-order chi connectivity index (χ0) is 15.4. The van der Waals surface area contributed by atoms with Crippen LogP contribution in [0.4, 0.5) is 14.6 Å². The Bertz CT molecular complexity index is 656. The predicted octanol–water partition coefficient (Wildman–Crippen LogP) is 3.43. The van der Waals surface area contributed by atoms with Crippen LogP contribution < -0.4 is 10.5 Å². The van der Waals surface area contributed by atoms with Gasteiger partial charge >= 0.3 is 0 Å². The van der Waals surface area contributed by atoms with E-state index in [-0.39, 0.29) is 24.1 Å². The van der Waals surface area contributed by atoms with Crippen LogP contribution in [0.15, 0.2) is 22.7 Å². The fourth-order valence-corrected chi connectivity index (χ4v) is 1.93. The molecule has 2 rings (SSSR count). The molecular formula is C13H12BrF2N3O2. The van der Waals surface area contributed by atoms with Crippen molar-refractivity contribution in [2.24, 2.45) is 0 Å². The molecule has 0 radical (unpaired) electrons. The van der Waals surface area contributed by atoms with E-state index in [0.29, 0.717) is 16.9 Å². The first kappa shape index (κ1) is 15.6. The fraction of sp³-hybridized carbons (Fsp3) is 0.231. The van der Waals surface area contributed by atoms with E-state index in [1.807, 2.05) is 6.92 Å². The lowest BCUT2D eigenvalue weighted by Crippen LogP contribution is -2.04. The standard InChI is InChI=1S/C13H12BrF2N3O2/c1-2-20-6-11-18-10(17)5-12(19-11)21-9-4-7(14)3-8(15)13(9)16/h3-5H,2,6H2,1H3,(H2,17,18,19). The number of nitrogens with two attached hydrogens (primary N) is 1. The van der Waals surface area contributed by atoms with Gasteiger partial charge in [0.2, 0.25) is 11.7 Å². The van der Waals surface area contributed by atoms with Crippen molar-refractivity contribution in [2.75, 3.05) is 12.3 Å². The number of hydrogen-bond donors (Lipinski definition) is 1. The van der Waals surface area contributed by atoms with Gasteiger partial charge in [-0.15, -0.1) is 0 Å². The molecule has 112 valence electrons. The van der Waals surface area contributed by atoms with Gasteiger partial charge in [0.25, 0.3) is 0 Å². The van der Waals surface area contributed by atoms with Gasteiger partial charge in [-0.1, -0.05) is 15.9 Å². The van der Waals surface area contributed by atoms with E-state index in [1.165, 1.54) is 12.1 Å². The maximum absolute atomic E-state index is 13.7. The number of nitrogen functional groups attached to an aromatic ring is 1. The van der Waals surface area contributed by atoms with Crippen LogP contribution in [0.25, 0.3) is 0 Å². The Morgan fingerprint density at radius 2 is 2.00 bits per heavy atom. The molecule has 1 aromatic carbocycles. The summed E-state index contributed by atoms with van der Waals surface area (Å²) in [6.07, 6.45) is 0. The van der Waals surface area contributed by atoms with Crippen molar-refractivity contribution in [3.63, 3.8) is 0 Å². The van der Waals surface area contributed by atoms with Gasteiger partial charge in [0.15, 0.2) is 17.4 Å². The van der Waals surface area contributed by atoms with E-state index in [1.54, 1.807) is 0 Å². The Kier molecular flexibility index (Phi) is 5.03. The number of ether oxygens (including phenoxy) is 2. The van der Waals surface area contributed by atoms with Crippen LogP contribution in [0, 0.1) is 11.6 Å². The second-order valence-electron chi connectivity index (χ2n) is 3.99. The van der Waals surface area contributed by atoms with E-state index in [0.717, 1.165) is 6.07 Å². The second-order valence-corrected chi connectivity index (χ2v) is 4.90. The maximum Gasteiger partial charge on any atom is 0.224 e. The van der Waals surface area contributed by atoms with Crippen LogP contribution >= 0.6 is 15.9 Å². The number of benzene rings is 1. The molecular weight excluding hydrogens is 348 g/mol. The second kappa shape index (κ2) is 6.77. The normalized spacial score (nSPS) is 10.7. The van der Waals surface area contributed by atoms with Gasteiger partial charge in [-0.2, -0.15) is 9.37 Å². The summed E-state index contributed by atoms with van der Waals surface area (Å²) in [6, 6.07) is 3.60. The van der Waals surface area contributed by atoms with Crippen molar-refractivity contribution < 1.29 is 18.3 Å². The quantitative estimate of drug-likeness (QED) is 0.828. The summed E-state index contributed by atoms with van der Waals surface area (Å²) in [4.78, 5) is 7.98. The summed E-state index contributed by atoms with van der Waals surface area (Å²) in [5.41, 5.74) is 5.62. The Balaban J connectivity index is 2.29. The summed E-state index contributed by atoms with van der Waals surface area (Å²) >= 11 is 3.06. The molecule has 21 heavy (non-hydrogen) atoms. The van der Waals surface area contributed by atoms with Crippen LogP contribution in [0.1, 0.15) is 12.7 Å². The molecule has 0 saturated carbocycles. The zero-order valence-electron chi connectivity index (χ0n) is 11.1. The van der Waals surface area contributed by atoms with E-state index >= 15 is 0 Å². The first-order chi connectivity index (χ1) is 9.99. The molecule has 0 aliphatic rings. The Hall–Kier alpha value is -1.80. The lowest BCUT2D eigenvalue weighted by molar-refractivity contribution is 0.128. The first-order valence-electron chi connectivity index (χ1n) is 6.03. The first-order valence-corrected chi connectivity index (χ1v) is 6.82. The number of hydrogen-bond acceptors (Lipinski definition) is 5. The zero-order valence-corrected chi connectivity index (χ0v) is 12.7. The third kappa shape index (κ3) is 4.08. The Morgan fingerprint density at radius 1 is 1.24 bits per heavy atom. The molecule has 0 aliphatic heterocycles. The number of aromatic nitrogens is 2. The number of nitrogens with zero attached hydrogens (tertiary/aromatic N) is 2. The SMILES string of the molecule is CCOCc1nc(N)cc(Oc2cc(Br)cc(F)c2F)n1. The predicted molar refractivity (Wildman–Crippen MR) is 75.9 cm³/mol. The minimum Gasteiger partial charge on any atom is -0.436 e. The maximum atomic E-state index is 13.7. The Labute approximate surface area is 128 Å². The van der Waals surface area contributed by atoms with Crippen LogP contribution in [-0.2, 0) is 11.3 Å². The molecule has 0 saturated heterocycles. The van der Waals surface area contributed by atoms with Crippen LogP contribution in [0.3, 0.4) is 0 Å². The molecule has 0 unspecified atom stereocenters. The topological polar surface area (TPSA) is 70.3 Å². The van der Waals surface area contributed by atoms with Crippen molar-refractivity contribution in [1.29, 1.82) is 0 Å². The molecule has 0 aliphatic carbocycles. The van der Waals surface area contributed by atoms with Gasteiger partial charge in [-0.3, -0.25) is 0 Å². The van der Waals surface area contributed by atoms with Crippen molar-refractivity contribution in [3.8, 4) is 11.6 Å². The highest BCUT2D eigenvalue weighted by Gasteiger charge is 2.14. The molecule has 1 aromatic heterocycles. The highest BCUT2D eigenvalue weighted by Crippen LogP contribution is 2.29. The smallest absolute Gasteiger partial charge is 0.224 e. The lowest BCUT2D eigenvalue weighted by Gasteiger charge is -2.09. The van der Waals surface area contributed by atoms with Crippen molar-refractivity contribution in [2.45, 2.75) is 13.5 Å². The summed E-state index contributed by atoms with van der Waals surface area (Å²) in [7, 11) is 0. The summed E-state index contributed by atoms with van der Waals surface area (Å²) in [5, 5.41) is 0. The summed E-state index contributed by atoms with van der Waals surface area (Å²) in [5.74, 6) is -2.00. The van der Waals surface area contributed by atoms with E-state index in [9.17, 15) is 8.78 Å². The van der Waals surface area contributed by atoms with E-state index in [4.69, 9.17) is 15.2 Å². The van der Waals surface area contributed by atoms with E-state index in [2.05, 4.69) is 25.9 Å². The Morgan fingerprint density at radius 3 is 2.71 bits per heavy atom. The van der Waals surface area contributed by atoms with Gasteiger partial charge in [-0.25, -0.2) is 9.37 Å². The van der Waals surface area contributed by atoms with Crippen LogP contribution in [-0.4, -0.2) is 16.6 Å². The average molecular weight is 360 g/mol. The van der Waals surface area contributed by atoms with Gasteiger partial charge in [0.1, 0.15) is 12.4 Å². The molecule has 2 aromatic rings. The molecule has 8 heteroatoms. The van der Waals surface area contributed by atoms with Gasteiger partial charge in [0.05, 0.1) is 0 Å². The molecule has 0 spiro atoms. The third-order valence-electron chi connectivity index (χ3n) is 2.38. The summed E-state index contributed by atoms with van der Waals surface area (Å²) in [6.45, 7) is 2.45. The summed E-state index contributed by atoms with van der Waals surface area (Å²) < 4.78 is 37.7. The van der Waals surface area contributed by atoms with Gasteiger partial charge in [0, 0.05) is 17.1 Å². The number of anilines is 1. The molecule has 0 fully saturated rings. The molecule has 0 bridgehead atoms. The van der Waals surface area contributed by atoms with Crippen molar-refractivity contribution in [1.82, 2.24) is 9.97 Å². The largest absolute Gasteiger partial charge is 0.436 e. The number of halogens is 3. The molecule has 0 atom stereocenters. The van der Waals surface area contributed by atoms with Gasteiger partial charge < -0.3 is 15.2 Å². The average Bonchev–Trinajstić information content (AvgIpc) is 2.41. The minimum absolute atomic E-state index is 0.00797. The van der Waals surface area contributed by atoms with Crippen molar-refractivity contribution in [3.05, 3.63) is 40.1 Å². The highest BCUT2D eigenvalue weighted by molar-refractivity contribution is 9.10. The van der Waals surface area contributed by atoms with E-state index < -0.39 is 11.6 Å². The van der Waals surface area contributed by atoms with Crippen LogP contribution in [0.2, 0.25) is 0 Å². The van der Waals surface area contributed by atoms with Crippen LogP contribution in [0.5, 0.6) is 11.6 Å². The molecule has 1 heterocycles. The number of rotatable bonds is 5. The van der Waals surface area contributed by atoms with Crippen molar-refractivity contribution >= 4 is 21.7 Å². The molecule has 2 N–H and O–H groups in total.